The summed E-state index contributed by atoms with van der Waals surface area (Å²) in [5.74, 6) is -0.558. The molecule has 0 aromatic heterocycles. The molecule has 98 valence electrons. The summed E-state index contributed by atoms with van der Waals surface area (Å²) in [4.78, 5) is 11.8. The Morgan fingerprint density at radius 1 is 1.22 bits per heavy atom. The summed E-state index contributed by atoms with van der Waals surface area (Å²) in [5, 5.41) is 0. The Morgan fingerprint density at radius 2 is 1.94 bits per heavy atom. The molecule has 0 atom stereocenters. The van der Waals surface area contributed by atoms with Crippen molar-refractivity contribution in [1.29, 1.82) is 0 Å². The van der Waals surface area contributed by atoms with Crippen molar-refractivity contribution in [3.63, 3.8) is 0 Å². The minimum Gasteiger partial charge on any atom is -0.299 e. The Hall–Kier alpha value is -1.16. The van der Waals surface area contributed by atoms with Crippen molar-refractivity contribution in [3.05, 3.63) is 29.3 Å². The molecule has 1 aliphatic rings. The third kappa shape index (κ3) is 2.80. The molecule has 0 radical (unpaired) electrons. The van der Waals surface area contributed by atoms with Gasteiger partial charge in [-0.2, -0.15) is 0 Å². The van der Waals surface area contributed by atoms with Gasteiger partial charge in [-0.15, -0.1) is 0 Å². The van der Waals surface area contributed by atoms with Crippen LogP contribution in [0.25, 0.3) is 0 Å². The van der Waals surface area contributed by atoms with Crippen LogP contribution in [0.4, 0.5) is 0 Å². The Balaban J connectivity index is 2.22. The summed E-state index contributed by atoms with van der Waals surface area (Å²) < 4.78 is 24.2. The molecule has 0 heterocycles. The molecule has 0 N–H and O–H groups in total. The van der Waals surface area contributed by atoms with Gasteiger partial charge in [0.15, 0.2) is 9.84 Å². The van der Waals surface area contributed by atoms with Crippen LogP contribution in [0.1, 0.15) is 37.3 Å². The lowest BCUT2D eigenvalue weighted by Gasteiger charge is -2.06. The molecule has 0 amide bonds. The van der Waals surface area contributed by atoms with Crippen molar-refractivity contribution in [2.75, 3.05) is 5.75 Å². The van der Waals surface area contributed by atoms with Gasteiger partial charge in [0.25, 0.3) is 0 Å². The largest absolute Gasteiger partial charge is 0.299 e. The van der Waals surface area contributed by atoms with Crippen molar-refractivity contribution in [2.24, 2.45) is 0 Å². The highest BCUT2D eigenvalue weighted by molar-refractivity contribution is 7.92. The summed E-state index contributed by atoms with van der Waals surface area (Å²) >= 11 is 0. The molecule has 18 heavy (non-hydrogen) atoms. The van der Waals surface area contributed by atoms with E-state index in [-0.39, 0.29) is 11.5 Å². The SMILES string of the molecule is CCCC(=O)CS(=O)(=O)c1ccc2c(c1)CCC2. The lowest BCUT2D eigenvalue weighted by atomic mass is 10.1. The summed E-state index contributed by atoms with van der Waals surface area (Å²) in [6, 6.07) is 5.27. The second kappa shape index (κ2) is 5.22. The molecule has 0 saturated heterocycles. The Kier molecular flexibility index (Phi) is 3.85. The molecule has 0 fully saturated rings. The zero-order valence-corrected chi connectivity index (χ0v) is 11.4. The number of benzene rings is 1. The highest BCUT2D eigenvalue weighted by atomic mass is 32.2. The number of fused-ring (bicyclic) bond motifs is 1. The minimum absolute atomic E-state index is 0.196. The van der Waals surface area contributed by atoms with Crippen LogP contribution in [-0.2, 0) is 27.5 Å². The molecule has 0 bridgehead atoms. The molecule has 1 aromatic rings. The third-order valence-corrected chi connectivity index (χ3v) is 4.98. The van der Waals surface area contributed by atoms with E-state index in [4.69, 9.17) is 0 Å². The van der Waals surface area contributed by atoms with Gasteiger partial charge >= 0.3 is 0 Å². The first kappa shape index (κ1) is 13.3. The van der Waals surface area contributed by atoms with E-state index in [1.54, 1.807) is 12.1 Å². The van der Waals surface area contributed by atoms with Gasteiger partial charge in [0.1, 0.15) is 11.5 Å². The van der Waals surface area contributed by atoms with Gasteiger partial charge in [-0.3, -0.25) is 4.79 Å². The van der Waals surface area contributed by atoms with Crippen molar-refractivity contribution < 1.29 is 13.2 Å². The van der Waals surface area contributed by atoms with Crippen molar-refractivity contribution in [3.8, 4) is 0 Å². The van der Waals surface area contributed by atoms with Crippen LogP contribution in [0.15, 0.2) is 23.1 Å². The summed E-state index contributed by atoms with van der Waals surface area (Å²) in [5.41, 5.74) is 2.37. The van der Waals surface area contributed by atoms with Crippen LogP contribution in [0, 0.1) is 0 Å². The molecule has 0 aliphatic heterocycles. The van der Waals surface area contributed by atoms with Crippen LogP contribution in [0.5, 0.6) is 0 Å². The van der Waals surface area contributed by atoms with E-state index in [1.165, 1.54) is 5.56 Å². The van der Waals surface area contributed by atoms with E-state index in [1.807, 2.05) is 13.0 Å². The van der Waals surface area contributed by atoms with Gasteiger partial charge in [-0.05, 0) is 48.9 Å². The predicted octanol–water partition coefficient (Wildman–Crippen LogP) is 2.32. The average molecular weight is 266 g/mol. The maximum Gasteiger partial charge on any atom is 0.185 e. The monoisotopic (exact) mass is 266 g/mol. The molecule has 3 nitrogen and oxygen atoms in total. The number of Topliss-reactive ketones (excluding diaryl/α,β-unsaturated/α-hetero) is 1. The highest BCUT2D eigenvalue weighted by Gasteiger charge is 2.21. The zero-order valence-electron chi connectivity index (χ0n) is 10.6. The third-order valence-electron chi connectivity index (χ3n) is 3.31. The number of hydrogen-bond donors (Lipinski definition) is 0. The summed E-state index contributed by atoms with van der Waals surface area (Å²) in [7, 11) is -3.45. The van der Waals surface area contributed by atoms with Gasteiger partial charge in [0.05, 0.1) is 4.90 Å². The Morgan fingerprint density at radius 3 is 2.67 bits per heavy atom. The Bertz CT molecular complexity index is 558. The maximum absolute atomic E-state index is 12.1. The van der Waals surface area contributed by atoms with Crippen LogP contribution < -0.4 is 0 Å². The second-order valence-electron chi connectivity index (χ2n) is 4.83. The lowest BCUT2D eigenvalue weighted by Crippen LogP contribution is -2.16. The quantitative estimate of drug-likeness (QED) is 0.821. The van der Waals surface area contributed by atoms with Crippen LogP contribution in [0.2, 0.25) is 0 Å². The maximum atomic E-state index is 12.1. The van der Waals surface area contributed by atoms with E-state index < -0.39 is 9.84 Å². The van der Waals surface area contributed by atoms with Crippen LogP contribution in [0.3, 0.4) is 0 Å². The number of carbonyl (C=O) groups is 1. The predicted molar refractivity (Wildman–Crippen MR) is 70.4 cm³/mol. The molecule has 4 heteroatoms. The van der Waals surface area contributed by atoms with Crippen molar-refractivity contribution >= 4 is 15.6 Å². The standard InChI is InChI=1S/C14H18O3S/c1-2-4-13(15)10-18(16,17)14-8-7-11-5-3-6-12(11)9-14/h7-9H,2-6,10H2,1H3. The highest BCUT2D eigenvalue weighted by Crippen LogP contribution is 2.25. The number of sulfone groups is 1. The van der Waals surface area contributed by atoms with Gasteiger partial charge in [-0.25, -0.2) is 8.42 Å². The first-order valence-electron chi connectivity index (χ1n) is 6.39. The molecule has 1 aromatic carbocycles. The fourth-order valence-electron chi connectivity index (χ4n) is 2.39. The summed E-state index contributed by atoms with van der Waals surface area (Å²) in [6.07, 6.45) is 4.10. The number of aryl methyl sites for hydroxylation is 2. The molecular weight excluding hydrogens is 248 g/mol. The van der Waals surface area contributed by atoms with E-state index in [0.717, 1.165) is 24.8 Å². The molecule has 2 rings (SSSR count). The van der Waals surface area contributed by atoms with E-state index in [9.17, 15) is 13.2 Å². The minimum atomic E-state index is -3.45. The van der Waals surface area contributed by atoms with E-state index in [2.05, 4.69) is 0 Å². The molecule has 0 saturated carbocycles. The van der Waals surface area contributed by atoms with Crippen LogP contribution >= 0.6 is 0 Å². The first-order valence-corrected chi connectivity index (χ1v) is 8.04. The van der Waals surface area contributed by atoms with Gasteiger partial charge in [-0.1, -0.05) is 13.0 Å². The molecule has 0 unspecified atom stereocenters. The normalized spacial score (nSPS) is 14.5. The first-order chi connectivity index (χ1) is 8.53. The van der Waals surface area contributed by atoms with E-state index in [0.29, 0.717) is 17.7 Å². The number of rotatable bonds is 5. The van der Waals surface area contributed by atoms with E-state index >= 15 is 0 Å². The molecule has 1 aliphatic carbocycles. The number of hydrogen-bond acceptors (Lipinski definition) is 3. The number of carbonyl (C=O) groups excluding carboxylic acids is 1. The average Bonchev–Trinajstić information content (AvgIpc) is 2.75. The second-order valence-corrected chi connectivity index (χ2v) is 6.82. The molecule has 0 spiro atoms. The Labute approximate surface area is 108 Å². The van der Waals surface area contributed by atoms with Gasteiger partial charge in [0, 0.05) is 6.42 Å². The molecular formula is C14H18O3S. The lowest BCUT2D eigenvalue weighted by molar-refractivity contribution is -0.116. The topological polar surface area (TPSA) is 51.2 Å². The van der Waals surface area contributed by atoms with Gasteiger partial charge < -0.3 is 0 Å². The smallest absolute Gasteiger partial charge is 0.185 e. The van der Waals surface area contributed by atoms with Crippen molar-refractivity contribution in [2.45, 2.75) is 43.9 Å². The number of ketones is 1. The fourth-order valence-corrected chi connectivity index (χ4v) is 3.72. The zero-order chi connectivity index (χ0) is 13.2. The fraction of sp³-hybridized carbons (Fsp3) is 0.500. The van der Waals surface area contributed by atoms with Gasteiger partial charge in [0.2, 0.25) is 0 Å². The summed E-state index contributed by atoms with van der Waals surface area (Å²) in [6.45, 7) is 1.87. The van der Waals surface area contributed by atoms with Crippen LogP contribution in [-0.4, -0.2) is 20.0 Å². The van der Waals surface area contributed by atoms with Crippen molar-refractivity contribution in [1.82, 2.24) is 0 Å².